The van der Waals surface area contributed by atoms with E-state index in [1.165, 1.54) is 36.0 Å². The molecule has 2 amide bonds. The Morgan fingerprint density at radius 1 is 1.29 bits per heavy atom. The number of thioether (sulfide) groups is 1. The van der Waals surface area contributed by atoms with E-state index < -0.39 is 11.2 Å². The predicted molar refractivity (Wildman–Crippen MR) is 93.4 cm³/mol. The van der Waals surface area contributed by atoms with Gasteiger partial charge in [-0.25, -0.2) is 4.79 Å². The van der Waals surface area contributed by atoms with Crippen molar-refractivity contribution < 1.29 is 19.5 Å². The van der Waals surface area contributed by atoms with Crippen LogP contribution < -0.4 is 5.32 Å². The molecule has 1 aromatic carbocycles. The SMILES string of the molecule is CCN=C1S[C@@H](CC(=O)Nc2ccc(C(=O)O)cc2)C(=O)N1CC. The first kappa shape index (κ1) is 18.0. The summed E-state index contributed by atoms with van der Waals surface area (Å²) < 4.78 is 0. The molecule has 2 N–H and O–H groups in total. The minimum atomic E-state index is -1.02. The smallest absolute Gasteiger partial charge is 0.335 e. The molecular weight excluding hydrogens is 330 g/mol. The van der Waals surface area contributed by atoms with Crippen LogP contribution in [-0.2, 0) is 9.59 Å². The second kappa shape index (κ2) is 7.96. The second-order valence-corrected chi connectivity index (χ2v) is 6.25. The average Bonchev–Trinajstić information content (AvgIpc) is 2.83. The molecule has 0 aromatic heterocycles. The van der Waals surface area contributed by atoms with Gasteiger partial charge in [0.05, 0.1) is 5.56 Å². The second-order valence-electron chi connectivity index (χ2n) is 5.08. The number of nitrogens with zero attached hydrogens (tertiary/aromatic N) is 2. The molecule has 128 valence electrons. The van der Waals surface area contributed by atoms with Crippen molar-refractivity contribution in [3.05, 3.63) is 29.8 Å². The zero-order valence-corrected chi connectivity index (χ0v) is 14.3. The molecule has 0 radical (unpaired) electrons. The number of amides is 2. The molecule has 1 heterocycles. The number of aliphatic imine (C=N–C) groups is 1. The van der Waals surface area contributed by atoms with Gasteiger partial charge in [-0.15, -0.1) is 0 Å². The highest BCUT2D eigenvalue weighted by Crippen LogP contribution is 2.29. The van der Waals surface area contributed by atoms with Crippen LogP contribution in [0.15, 0.2) is 29.3 Å². The Kier molecular flexibility index (Phi) is 5.97. The fourth-order valence-electron chi connectivity index (χ4n) is 2.26. The maximum absolute atomic E-state index is 12.3. The maximum Gasteiger partial charge on any atom is 0.335 e. The van der Waals surface area contributed by atoms with Crippen LogP contribution in [0.4, 0.5) is 5.69 Å². The Morgan fingerprint density at radius 2 is 1.96 bits per heavy atom. The monoisotopic (exact) mass is 349 g/mol. The van der Waals surface area contributed by atoms with Gasteiger partial charge in [-0.1, -0.05) is 11.8 Å². The quantitative estimate of drug-likeness (QED) is 0.819. The zero-order valence-electron chi connectivity index (χ0n) is 13.5. The van der Waals surface area contributed by atoms with E-state index in [0.29, 0.717) is 23.9 Å². The first-order valence-corrected chi connectivity index (χ1v) is 8.49. The number of benzene rings is 1. The molecule has 2 rings (SSSR count). The molecular formula is C16H19N3O4S. The van der Waals surface area contributed by atoms with Crippen molar-refractivity contribution in [2.75, 3.05) is 18.4 Å². The number of nitrogens with one attached hydrogen (secondary N) is 1. The summed E-state index contributed by atoms with van der Waals surface area (Å²) in [6, 6.07) is 5.87. The molecule has 1 atom stereocenters. The van der Waals surface area contributed by atoms with E-state index in [4.69, 9.17) is 5.11 Å². The summed E-state index contributed by atoms with van der Waals surface area (Å²) in [5.74, 6) is -1.42. The van der Waals surface area contributed by atoms with Gasteiger partial charge in [-0.05, 0) is 38.1 Å². The molecule has 1 fully saturated rings. The summed E-state index contributed by atoms with van der Waals surface area (Å²) in [4.78, 5) is 41.1. The third kappa shape index (κ3) is 4.14. The van der Waals surface area contributed by atoms with Crippen LogP contribution in [-0.4, -0.2) is 51.3 Å². The Hall–Kier alpha value is -2.35. The standard InChI is InChI=1S/C16H19N3O4S/c1-3-17-16-19(4-2)14(21)12(24-16)9-13(20)18-11-7-5-10(6-8-11)15(22)23/h5-8,12H,3-4,9H2,1-2H3,(H,18,20)(H,22,23)/t12-/m0/s1. The fourth-order valence-corrected chi connectivity index (χ4v) is 3.53. The molecule has 1 saturated heterocycles. The number of hydrogen-bond acceptors (Lipinski definition) is 5. The van der Waals surface area contributed by atoms with E-state index in [9.17, 15) is 14.4 Å². The summed E-state index contributed by atoms with van der Waals surface area (Å²) in [6.07, 6.45) is 0.0451. The van der Waals surface area contributed by atoms with Crippen molar-refractivity contribution in [3.63, 3.8) is 0 Å². The summed E-state index contributed by atoms with van der Waals surface area (Å²) in [7, 11) is 0. The molecule has 0 unspecified atom stereocenters. The van der Waals surface area contributed by atoms with Crippen molar-refractivity contribution in [1.82, 2.24) is 4.90 Å². The number of aromatic carboxylic acids is 1. The molecule has 0 spiro atoms. The number of amidine groups is 1. The third-order valence-corrected chi connectivity index (χ3v) is 4.63. The first-order chi connectivity index (χ1) is 11.5. The molecule has 0 bridgehead atoms. The third-order valence-electron chi connectivity index (χ3n) is 3.42. The maximum atomic E-state index is 12.3. The Labute approximate surface area is 144 Å². The first-order valence-electron chi connectivity index (χ1n) is 7.62. The number of rotatable bonds is 6. The molecule has 24 heavy (non-hydrogen) atoms. The summed E-state index contributed by atoms with van der Waals surface area (Å²) in [6.45, 7) is 4.88. The van der Waals surface area contributed by atoms with Gasteiger partial charge in [0.1, 0.15) is 5.25 Å². The lowest BCUT2D eigenvalue weighted by Gasteiger charge is -2.13. The number of carboxylic acids is 1. The fraction of sp³-hybridized carbons (Fsp3) is 0.375. The van der Waals surface area contributed by atoms with Gasteiger partial charge < -0.3 is 10.4 Å². The highest BCUT2D eigenvalue weighted by atomic mass is 32.2. The van der Waals surface area contributed by atoms with Crippen LogP contribution in [0.5, 0.6) is 0 Å². The van der Waals surface area contributed by atoms with Crippen molar-refractivity contribution in [2.45, 2.75) is 25.5 Å². The van der Waals surface area contributed by atoms with Crippen LogP contribution in [0.1, 0.15) is 30.6 Å². The minimum Gasteiger partial charge on any atom is -0.478 e. The van der Waals surface area contributed by atoms with Gasteiger partial charge in [-0.3, -0.25) is 19.5 Å². The van der Waals surface area contributed by atoms with Gasteiger partial charge in [0, 0.05) is 25.2 Å². The topological polar surface area (TPSA) is 99.1 Å². The lowest BCUT2D eigenvalue weighted by molar-refractivity contribution is -0.128. The molecule has 0 aliphatic carbocycles. The van der Waals surface area contributed by atoms with E-state index >= 15 is 0 Å². The lowest BCUT2D eigenvalue weighted by atomic mass is 10.2. The molecule has 7 nitrogen and oxygen atoms in total. The zero-order chi connectivity index (χ0) is 17.7. The number of anilines is 1. The Morgan fingerprint density at radius 3 is 2.50 bits per heavy atom. The van der Waals surface area contributed by atoms with Crippen LogP contribution >= 0.6 is 11.8 Å². The summed E-state index contributed by atoms with van der Waals surface area (Å²) in [5.41, 5.74) is 0.642. The predicted octanol–water partition coefficient (Wildman–Crippen LogP) is 2.05. The van der Waals surface area contributed by atoms with Crippen molar-refractivity contribution >= 4 is 40.4 Å². The molecule has 1 aliphatic rings. The van der Waals surface area contributed by atoms with Crippen LogP contribution in [0, 0.1) is 0 Å². The molecule has 1 aromatic rings. The molecule has 1 aliphatic heterocycles. The van der Waals surface area contributed by atoms with Crippen LogP contribution in [0.3, 0.4) is 0 Å². The molecule has 8 heteroatoms. The van der Waals surface area contributed by atoms with Gasteiger partial charge >= 0.3 is 5.97 Å². The van der Waals surface area contributed by atoms with E-state index in [0.717, 1.165) is 0 Å². The minimum absolute atomic E-state index is 0.0451. The number of carbonyl (C=O) groups is 3. The van der Waals surface area contributed by atoms with Crippen LogP contribution in [0.2, 0.25) is 0 Å². The van der Waals surface area contributed by atoms with Gasteiger partial charge in [0.15, 0.2) is 5.17 Å². The molecule has 0 saturated carbocycles. The van der Waals surface area contributed by atoms with E-state index in [2.05, 4.69) is 10.3 Å². The van der Waals surface area contributed by atoms with Gasteiger partial charge in [0.2, 0.25) is 11.8 Å². The number of carboxylic acid groups (broad SMARTS) is 1. The Bertz CT molecular complexity index is 672. The van der Waals surface area contributed by atoms with Crippen molar-refractivity contribution in [3.8, 4) is 0 Å². The normalized spacial score (nSPS) is 18.9. The highest BCUT2D eigenvalue weighted by molar-refractivity contribution is 8.15. The van der Waals surface area contributed by atoms with E-state index in [1.54, 1.807) is 4.90 Å². The lowest BCUT2D eigenvalue weighted by Crippen LogP contribution is -2.33. The number of carbonyl (C=O) groups excluding carboxylic acids is 2. The van der Waals surface area contributed by atoms with Crippen molar-refractivity contribution in [2.24, 2.45) is 4.99 Å². The van der Waals surface area contributed by atoms with Gasteiger partial charge in [-0.2, -0.15) is 0 Å². The highest BCUT2D eigenvalue weighted by Gasteiger charge is 2.37. The van der Waals surface area contributed by atoms with E-state index in [-0.39, 0.29) is 23.8 Å². The average molecular weight is 349 g/mol. The Balaban J connectivity index is 1.98. The number of hydrogen-bond donors (Lipinski definition) is 2. The van der Waals surface area contributed by atoms with E-state index in [1.807, 2.05) is 13.8 Å². The summed E-state index contributed by atoms with van der Waals surface area (Å²) >= 11 is 1.31. The van der Waals surface area contributed by atoms with Gasteiger partial charge in [0.25, 0.3) is 0 Å². The largest absolute Gasteiger partial charge is 0.478 e. The summed E-state index contributed by atoms with van der Waals surface area (Å²) in [5, 5.41) is 11.7. The van der Waals surface area contributed by atoms with Crippen LogP contribution in [0.25, 0.3) is 0 Å². The van der Waals surface area contributed by atoms with Crippen molar-refractivity contribution in [1.29, 1.82) is 0 Å².